The van der Waals surface area contributed by atoms with Crippen molar-refractivity contribution < 1.29 is 18.8 Å². The van der Waals surface area contributed by atoms with E-state index in [1.807, 2.05) is 17.5 Å². The van der Waals surface area contributed by atoms with E-state index in [0.29, 0.717) is 31.6 Å². The van der Waals surface area contributed by atoms with Crippen LogP contribution >= 0.6 is 11.3 Å². The van der Waals surface area contributed by atoms with Crippen LogP contribution in [0, 0.1) is 0 Å². The molecule has 7 heteroatoms. The molecule has 0 fully saturated rings. The van der Waals surface area contributed by atoms with Gasteiger partial charge in [-0.25, -0.2) is 0 Å². The highest BCUT2D eigenvalue weighted by atomic mass is 32.1. The number of hydrogen-bond donors (Lipinski definition) is 1. The number of rotatable bonds is 7. The standard InChI is InChI=1S/C14H16N2O4S/c1-19-13(17)6-2-3-7-15-14(18)10-9-11(20-16-10)12-5-4-8-21-12/h4-5,8-9H,2-3,6-7H2,1H3,(H,15,18). The number of amides is 1. The lowest BCUT2D eigenvalue weighted by molar-refractivity contribution is -0.140. The zero-order valence-electron chi connectivity index (χ0n) is 11.6. The summed E-state index contributed by atoms with van der Waals surface area (Å²) in [5, 5.41) is 8.43. The minimum absolute atomic E-state index is 0.238. The van der Waals surface area contributed by atoms with Crippen molar-refractivity contribution >= 4 is 23.2 Å². The second-order valence-electron chi connectivity index (χ2n) is 4.34. The van der Waals surface area contributed by atoms with Crippen molar-refractivity contribution in [3.05, 3.63) is 29.3 Å². The first kappa shape index (κ1) is 15.2. The summed E-state index contributed by atoms with van der Waals surface area (Å²) in [4.78, 5) is 23.7. The van der Waals surface area contributed by atoms with Crippen molar-refractivity contribution in [3.8, 4) is 10.6 Å². The molecule has 2 aromatic rings. The van der Waals surface area contributed by atoms with E-state index >= 15 is 0 Å². The Morgan fingerprint density at radius 3 is 3.00 bits per heavy atom. The molecule has 21 heavy (non-hydrogen) atoms. The Labute approximate surface area is 126 Å². The molecule has 2 heterocycles. The third-order valence-corrected chi connectivity index (χ3v) is 3.71. The summed E-state index contributed by atoms with van der Waals surface area (Å²) < 4.78 is 9.68. The number of unbranched alkanes of at least 4 members (excludes halogenated alkanes) is 1. The number of methoxy groups -OCH3 is 1. The first-order valence-corrected chi connectivity index (χ1v) is 7.44. The molecule has 2 aromatic heterocycles. The molecule has 0 aliphatic carbocycles. The zero-order chi connectivity index (χ0) is 15.1. The van der Waals surface area contributed by atoms with Gasteiger partial charge in [0.05, 0.1) is 12.0 Å². The maximum Gasteiger partial charge on any atom is 0.305 e. The van der Waals surface area contributed by atoms with Crippen LogP contribution in [0.3, 0.4) is 0 Å². The summed E-state index contributed by atoms with van der Waals surface area (Å²) >= 11 is 1.52. The lowest BCUT2D eigenvalue weighted by Crippen LogP contribution is -2.24. The van der Waals surface area contributed by atoms with Crippen LogP contribution in [0.4, 0.5) is 0 Å². The normalized spacial score (nSPS) is 10.3. The van der Waals surface area contributed by atoms with Gasteiger partial charge in [0.25, 0.3) is 5.91 Å². The summed E-state index contributed by atoms with van der Waals surface area (Å²) in [6, 6.07) is 5.43. The van der Waals surface area contributed by atoms with Gasteiger partial charge in [-0.1, -0.05) is 11.2 Å². The van der Waals surface area contributed by atoms with Crippen molar-refractivity contribution in [2.24, 2.45) is 0 Å². The number of carbonyl (C=O) groups is 2. The SMILES string of the molecule is COC(=O)CCCCNC(=O)c1cc(-c2cccs2)on1. The Morgan fingerprint density at radius 2 is 2.29 bits per heavy atom. The van der Waals surface area contributed by atoms with Crippen LogP contribution in [0.2, 0.25) is 0 Å². The van der Waals surface area contributed by atoms with Crippen molar-refractivity contribution in [1.82, 2.24) is 10.5 Å². The smallest absolute Gasteiger partial charge is 0.305 e. The number of hydrogen-bond acceptors (Lipinski definition) is 6. The number of nitrogens with zero attached hydrogens (tertiary/aromatic N) is 1. The fourth-order valence-corrected chi connectivity index (χ4v) is 2.38. The van der Waals surface area contributed by atoms with Gasteiger partial charge in [0.15, 0.2) is 11.5 Å². The molecule has 0 saturated heterocycles. The minimum atomic E-state index is -0.278. The summed E-state index contributed by atoms with van der Waals surface area (Å²) in [5.41, 5.74) is 0.256. The van der Waals surface area contributed by atoms with Crippen LogP contribution in [0.25, 0.3) is 10.6 Å². The number of thiophene rings is 1. The van der Waals surface area contributed by atoms with E-state index < -0.39 is 0 Å². The van der Waals surface area contributed by atoms with Crippen LogP contribution in [0.15, 0.2) is 28.1 Å². The largest absolute Gasteiger partial charge is 0.469 e. The van der Waals surface area contributed by atoms with Crippen LogP contribution in [-0.4, -0.2) is 30.7 Å². The van der Waals surface area contributed by atoms with Gasteiger partial charge in [-0.05, 0) is 24.3 Å². The number of nitrogens with one attached hydrogen (secondary N) is 1. The molecule has 6 nitrogen and oxygen atoms in total. The van der Waals surface area contributed by atoms with Gasteiger partial charge >= 0.3 is 5.97 Å². The van der Waals surface area contributed by atoms with Crippen LogP contribution < -0.4 is 5.32 Å². The zero-order valence-corrected chi connectivity index (χ0v) is 12.4. The van der Waals surface area contributed by atoms with Crippen LogP contribution in [-0.2, 0) is 9.53 Å². The third-order valence-electron chi connectivity index (χ3n) is 2.83. The highest BCUT2D eigenvalue weighted by molar-refractivity contribution is 7.13. The maximum absolute atomic E-state index is 11.9. The summed E-state index contributed by atoms with van der Waals surface area (Å²) in [5.74, 6) is 0.0684. The fourth-order valence-electron chi connectivity index (χ4n) is 1.71. The molecular weight excluding hydrogens is 292 g/mol. The molecule has 0 bridgehead atoms. The summed E-state index contributed by atoms with van der Waals surface area (Å²) in [6.07, 6.45) is 1.74. The molecule has 112 valence electrons. The van der Waals surface area contributed by atoms with Gasteiger partial charge in [0.2, 0.25) is 0 Å². The predicted octanol–water partition coefficient (Wildman–Crippen LogP) is 2.48. The molecule has 1 N–H and O–H groups in total. The number of carbonyl (C=O) groups excluding carboxylic acids is 2. The van der Waals surface area contributed by atoms with Crippen LogP contribution in [0.5, 0.6) is 0 Å². The Kier molecular flexibility index (Phi) is 5.51. The first-order chi connectivity index (χ1) is 10.2. The van der Waals surface area contributed by atoms with Gasteiger partial charge < -0.3 is 14.6 Å². The highest BCUT2D eigenvalue weighted by Gasteiger charge is 2.13. The second-order valence-corrected chi connectivity index (χ2v) is 5.29. The van der Waals surface area contributed by atoms with E-state index in [0.717, 1.165) is 4.88 Å². The number of aromatic nitrogens is 1. The molecule has 1 amide bonds. The first-order valence-electron chi connectivity index (χ1n) is 6.56. The van der Waals surface area contributed by atoms with Crippen molar-refractivity contribution in [2.75, 3.05) is 13.7 Å². The number of esters is 1. The Bertz CT molecular complexity index is 592. The van der Waals surface area contributed by atoms with Crippen molar-refractivity contribution in [2.45, 2.75) is 19.3 Å². The van der Waals surface area contributed by atoms with Crippen molar-refractivity contribution in [3.63, 3.8) is 0 Å². The van der Waals surface area contributed by atoms with E-state index in [4.69, 9.17) is 4.52 Å². The average Bonchev–Trinajstić information content (AvgIpc) is 3.16. The summed E-state index contributed by atoms with van der Waals surface area (Å²) in [7, 11) is 1.36. The van der Waals surface area contributed by atoms with E-state index in [-0.39, 0.29) is 17.6 Å². The molecule has 0 radical (unpaired) electrons. The van der Waals surface area contributed by atoms with Gasteiger partial charge in [-0.3, -0.25) is 9.59 Å². The van der Waals surface area contributed by atoms with Gasteiger partial charge in [-0.2, -0.15) is 0 Å². The maximum atomic E-state index is 11.9. The van der Waals surface area contributed by atoms with E-state index in [9.17, 15) is 9.59 Å². The monoisotopic (exact) mass is 308 g/mol. The van der Waals surface area contributed by atoms with E-state index in [2.05, 4.69) is 15.2 Å². The molecule has 0 spiro atoms. The molecular formula is C14H16N2O4S. The average molecular weight is 308 g/mol. The predicted molar refractivity (Wildman–Crippen MR) is 78.0 cm³/mol. The molecule has 0 atom stereocenters. The molecule has 2 rings (SSSR count). The molecule has 0 unspecified atom stereocenters. The Hall–Kier alpha value is -2.15. The quantitative estimate of drug-likeness (QED) is 0.627. The Morgan fingerprint density at radius 1 is 1.43 bits per heavy atom. The Balaban J connectivity index is 1.75. The highest BCUT2D eigenvalue weighted by Crippen LogP contribution is 2.24. The molecule has 0 aliphatic rings. The fraction of sp³-hybridized carbons (Fsp3) is 0.357. The van der Waals surface area contributed by atoms with E-state index in [1.54, 1.807) is 6.07 Å². The van der Waals surface area contributed by atoms with Gasteiger partial charge in [-0.15, -0.1) is 11.3 Å². The lowest BCUT2D eigenvalue weighted by Gasteiger charge is -2.02. The van der Waals surface area contributed by atoms with Gasteiger partial charge in [0, 0.05) is 19.0 Å². The second kappa shape index (κ2) is 7.58. The molecule has 0 aromatic carbocycles. The van der Waals surface area contributed by atoms with Gasteiger partial charge in [0.1, 0.15) is 0 Å². The third kappa shape index (κ3) is 4.42. The van der Waals surface area contributed by atoms with Crippen LogP contribution in [0.1, 0.15) is 29.8 Å². The topological polar surface area (TPSA) is 81.4 Å². The van der Waals surface area contributed by atoms with E-state index in [1.165, 1.54) is 18.4 Å². The molecule has 0 saturated carbocycles. The minimum Gasteiger partial charge on any atom is -0.469 e. The van der Waals surface area contributed by atoms with Crippen molar-refractivity contribution in [1.29, 1.82) is 0 Å². The lowest BCUT2D eigenvalue weighted by atomic mass is 10.2. The number of ether oxygens (including phenoxy) is 1. The summed E-state index contributed by atoms with van der Waals surface area (Å²) in [6.45, 7) is 0.483. The molecule has 0 aliphatic heterocycles.